The van der Waals surface area contributed by atoms with Crippen LogP contribution in [0.3, 0.4) is 0 Å². The number of carbonyl (C=O) groups excluding carboxylic acids is 3. The molecule has 1 heterocycles. The zero-order chi connectivity index (χ0) is 38.0. The number of benzene rings is 5. The molecule has 0 saturated carbocycles. The lowest BCUT2D eigenvalue weighted by Crippen LogP contribution is -2.30. The number of halogens is 2. The quantitative estimate of drug-likeness (QED) is 0.0787. The highest BCUT2D eigenvalue weighted by Gasteiger charge is 2.24. The Kier molecular flexibility index (Phi) is 12.7. The summed E-state index contributed by atoms with van der Waals surface area (Å²) in [7, 11) is 3.05. The number of aromatic nitrogens is 1. The SMILES string of the molecule is COc1ccc(/C=C(/NC(=O)c2ccccc2)C(=O)Nc2cccc(SC(C(=O)Nc3nc(-c4ccc(Cl)c(Cl)c4)cs3)c3ccccc3)c2)c(OC)c1. The molecule has 9 nitrogen and oxygen atoms in total. The summed E-state index contributed by atoms with van der Waals surface area (Å²) in [5.74, 6) is -0.300. The van der Waals surface area contributed by atoms with E-state index in [1.54, 1.807) is 86.0 Å². The number of methoxy groups -OCH3 is 2. The van der Waals surface area contributed by atoms with Crippen LogP contribution in [0.2, 0.25) is 10.0 Å². The Balaban J connectivity index is 1.23. The van der Waals surface area contributed by atoms with Gasteiger partial charge in [-0.25, -0.2) is 4.98 Å². The maximum Gasteiger partial charge on any atom is 0.272 e. The summed E-state index contributed by atoms with van der Waals surface area (Å²) in [5, 5.41) is 11.1. The summed E-state index contributed by atoms with van der Waals surface area (Å²) in [4.78, 5) is 46.3. The minimum atomic E-state index is -0.669. The van der Waals surface area contributed by atoms with Crippen LogP contribution in [0.15, 0.2) is 137 Å². The molecule has 272 valence electrons. The van der Waals surface area contributed by atoms with Crippen LogP contribution in [0.25, 0.3) is 17.3 Å². The van der Waals surface area contributed by atoms with Gasteiger partial charge in [0.2, 0.25) is 5.91 Å². The molecular formula is C41H32Cl2N4O5S2. The smallest absolute Gasteiger partial charge is 0.272 e. The molecule has 6 rings (SSSR count). The summed E-state index contributed by atoms with van der Waals surface area (Å²) in [6.07, 6.45) is 1.54. The van der Waals surface area contributed by atoms with E-state index in [1.807, 2.05) is 47.8 Å². The first kappa shape index (κ1) is 38.1. The number of carbonyl (C=O) groups is 3. The molecule has 0 radical (unpaired) electrons. The van der Waals surface area contributed by atoms with Crippen molar-refractivity contribution < 1.29 is 23.9 Å². The van der Waals surface area contributed by atoms with Crippen LogP contribution in [0.5, 0.6) is 11.5 Å². The summed E-state index contributed by atoms with van der Waals surface area (Å²) in [6.45, 7) is 0. The second-order valence-electron chi connectivity index (χ2n) is 11.5. The number of thiazole rings is 1. The molecule has 6 aromatic rings. The highest BCUT2D eigenvalue weighted by Crippen LogP contribution is 2.38. The number of nitrogens with zero attached hydrogens (tertiary/aromatic N) is 1. The van der Waals surface area contributed by atoms with Gasteiger partial charge in [0.05, 0.1) is 30.0 Å². The molecule has 1 unspecified atom stereocenters. The number of thioether (sulfide) groups is 1. The van der Waals surface area contributed by atoms with E-state index in [9.17, 15) is 14.4 Å². The van der Waals surface area contributed by atoms with Gasteiger partial charge in [-0.2, -0.15) is 0 Å². The van der Waals surface area contributed by atoms with Crippen molar-refractivity contribution in [3.8, 4) is 22.8 Å². The van der Waals surface area contributed by atoms with E-state index in [0.717, 1.165) is 11.1 Å². The third-order valence-corrected chi connectivity index (χ3v) is 10.7. The molecule has 13 heteroatoms. The van der Waals surface area contributed by atoms with Gasteiger partial charge in [0, 0.05) is 38.7 Å². The van der Waals surface area contributed by atoms with Gasteiger partial charge in [0.15, 0.2) is 5.13 Å². The maximum atomic E-state index is 13.9. The molecule has 0 aliphatic heterocycles. The third kappa shape index (κ3) is 9.68. The molecule has 0 bridgehead atoms. The van der Waals surface area contributed by atoms with E-state index in [0.29, 0.717) is 54.1 Å². The van der Waals surface area contributed by atoms with Crippen molar-refractivity contribution in [2.24, 2.45) is 0 Å². The Hall–Kier alpha value is -5.59. The Morgan fingerprint density at radius 2 is 1.56 bits per heavy atom. The first-order valence-electron chi connectivity index (χ1n) is 16.4. The second kappa shape index (κ2) is 18.0. The van der Waals surface area contributed by atoms with Crippen molar-refractivity contribution in [3.05, 3.63) is 159 Å². The minimum absolute atomic E-state index is 0.0180. The van der Waals surface area contributed by atoms with Crippen LogP contribution in [-0.4, -0.2) is 36.9 Å². The fourth-order valence-corrected chi connectivity index (χ4v) is 7.31. The monoisotopic (exact) mass is 794 g/mol. The number of hydrogen-bond acceptors (Lipinski definition) is 8. The third-order valence-electron chi connectivity index (χ3n) is 7.91. The predicted octanol–water partition coefficient (Wildman–Crippen LogP) is 10.0. The summed E-state index contributed by atoms with van der Waals surface area (Å²) in [5.41, 5.74) is 3.56. The molecule has 1 atom stereocenters. The van der Waals surface area contributed by atoms with E-state index in [-0.39, 0.29) is 11.6 Å². The Morgan fingerprint density at radius 1 is 0.796 bits per heavy atom. The lowest BCUT2D eigenvalue weighted by atomic mass is 10.1. The topological polar surface area (TPSA) is 119 Å². The van der Waals surface area contributed by atoms with Gasteiger partial charge in [0.25, 0.3) is 11.8 Å². The highest BCUT2D eigenvalue weighted by atomic mass is 35.5. The molecule has 54 heavy (non-hydrogen) atoms. The second-order valence-corrected chi connectivity index (χ2v) is 14.4. The van der Waals surface area contributed by atoms with Gasteiger partial charge < -0.3 is 25.4 Å². The molecular weight excluding hydrogens is 764 g/mol. The van der Waals surface area contributed by atoms with Crippen molar-refractivity contribution in [2.75, 3.05) is 24.9 Å². The summed E-state index contributed by atoms with van der Waals surface area (Å²) < 4.78 is 10.8. The van der Waals surface area contributed by atoms with Gasteiger partial charge in [-0.15, -0.1) is 23.1 Å². The largest absolute Gasteiger partial charge is 0.497 e. The molecule has 0 aliphatic rings. The lowest BCUT2D eigenvalue weighted by molar-refractivity contribution is -0.116. The van der Waals surface area contributed by atoms with Crippen LogP contribution in [0.1, 0.15) is 26.7 Å². The normalized spacial score (nSPS) is 11.7. The van der Waals surface area contributed by atoms with Crippen molar-refractivity contribution >= 4 is 80.9 Å². The maximum absolute atomic E-state index is 13.9. The number of hydrogen-bond donors (Lipinski definition) is 3. The van der Waals surface area contributed by atoms with Crippen molar-refractivity contribution in [1.29, 1.82) is 0 Å². The first-order chi connectivity index (χ1) is 26.2. The highest BCUT2D eigenvalue weighted by molar-refractivity contribution is 8.00. The molecule has 3 N–H and O–H groups in total. The molecule has 3 amide bonds. The van der Waals surface area contributed by atoms with Crippen molar-refractivity contribution in [2.45, 2.75) is 10.1 Å². The Labute approximate surface area is 330 Å². The fourth-order valence-electron chi connectivity index (χ4n) is 5.21. The predicted molar refractivity (Wildman–Crippen MR) is 218 cm³/mol. The number of amides is 3. The zero-order valence-electron chi connectivity index (χ0n) is 28.8. The lowest BCUT2D eigenvalue weighted by Gasteiger charge is -2.17. The van der Waals surface area contributed by atoms with Crippen LogP contribution in [0, 0.1) is 0 Å². The molecule has 1 aromatic heterocycles. The van der Waals surface area contributed by atoms with Gasteiger partial charge in [-0.1, -0.05) is 83.9 Å². The minimum Gasteiger partial charge on any atom is -0.497 e. The van der Waals surface area contributed by atoms with Gasteiger partial charge in [-0.3, -0.25) is 14.4 Å². The average Bonchev–Trinajstić information content (AvgIpc) is 3.66. The van der Waals surface area contributed by atoms with Gasteiger partial charge >= 0.3 is 0 Å². The molecule has 0 spiro atoms. The number of nitrogens with one attached hydrogen (secondary N) is 3. The van der Waals surface area contributed by atoms with Crippen LogP contribution in [-0.2, 0) is 9.59 Å². The Morgan fingerprint density at radius 3 is 2.28 bits per heavy atom. The number of rotatable bonds is 13. The van der Waals surface area contributed by atoms with E-state index in [1.165, 1.54) is 36.3 Å². The average molecular weight is 796 g/mol. The molecule has 0 fully saturated rings. The molecule has 5 aromatic carbocycles. The summed E-state index contributed by atoms with van der Waals surface area (Å²) in [6, 6.07) is 35.5. The van der Waals surface area contributed by atoms with E-state index in [4.69, 9.17) is 32.7 Å². The van der Waals surface area contributed by atoms with Crippen molar-refractivity contribution in [1.82, 2.24) is 10.3 Å². The van der Waals surface area contributed by atoms with E-state index < -0.39 is 17.1 Å². The van der Waals surface area contributed by atoms with E-state index >= 15 is 0 Å². The van der Waals surface area contributed by atoms with Crippen LogP contribution < -0.4 is 25.4 Å². The van der Waals surface area contributed by atoms with Crippen LogP contribution >= 0.6 is 46.3 Å². The fraction of sp³-hybridized carbons (Fsp3) is 0.0732. The molecule has 0 aliphatic carbocycles. The standard InChI is InChI=1S/C41H32Cl2N4O5S2/c1-51-30-18-16-28(36(23-30)52-2)21-34(45-38(48)26-12-7-4-8-13-26)39(49)44-29-14-9-15-31(22-29)54-37(25-10-5-3-6-11-25)40(50)47-41-46-35(24-53-41)27-17-19-32(42)33(43)20-27/h3-24,37H,1-2H3,(H,44,49)(H,45,48)(H,46,47,50)/b34-21+. The number of anilines is 2. The zero-order valence-corrected chi connectivity index (χ0v) is 32.0. The van der Waals surface area contributed by atoms with Crippen LogP contribution in [0.4, 0.5) is 10.8 Å². The molecule has 0 saturated heterocycles. The van der Waals surface area contributed by atoms with Gasteiger partial charge in [0.1, 0.15) is 22.4 Å². The summed E-state index contributed by atoms with van der Waals surface area (Å²) >= 11 is 14.9. The Bertz CT molecular complexity index is 2320. The van der Waals surface area contributed by atoms with Gasteiger partial charge in [-0.05, 0) is 66.2 Å². The number of ether oxygens (including phenoxy) is 2. The first-order valence-corrected chi connectivity index (χ1v) is 18.9. The van der Waals surface area contributed by atoms with Crippen molar-refractivity contribution in [3.63, 3.8) is 0 Å². The van der Waals surface area contributed by atoms with E-state index in [2.05, 4.69) is 20.9 Å².